The second-order valence-electron chi connectivity index (χ2n) is 5.82. The second-order valence-corrected chi connectivity index (χ2v) is 5.82. The van der Waals surface area contributed by atoms with Gasteiger partial charge in [-0.05, 0) is 6.92 Å². The molecule has 0 amide bonds. The summed E-state index contributed by atoms with van der Waals surface area (Å²) in [5, 5.41) is 9.21. The summed E-state index contributed by atoms with van der Waals surface area (Å²) in [6.45, 7) is 7.09. The third kappa shape index (κ3) is 2.26. The molecule has 0 fully saturated rings. The summed E-state index contributed by atoms with van der Waals surface area (Å²) in [6, 6.07) is 1.07. The van der Waals surface area contributed by atoms with Crippen LogP contribution in [0.2, 0.25) is 0 Å². The highest BCUT2D eigenvalue weighted by Crippen LogP contribution is 2.30. The van der Waals surface area contributed by atoms with Crippen LogP contribution in [0.1, 0.15) is 39.6 Å². The Bertz CT molecular complexity index is 687. The van der Waals surface area contributed by atoms with Crippen LogP contribution < -0.4 is 0 Å². The van der Waals surface area contributed by atoms with Gasteiger partial charge in [-0.2, -0.15) is 0 Å². The number of carboxylic acids is 1. The van der Waals surface area contributed by atoms with Crippen molar-refractivity contribution in [3.05, 3.63) is 29.6 Å². The number of carboxylic acid groups (broad SMARTS) is 1. The highest BCUT2D eigenvalue weighted by molar-refractivity contribution is 5.80. The fraction of sp³-hybridized carbons (Fsp3) is 0.429. The standard InChI is InChI=1S/C14H16F2N2O2/c1-7(12(19)20)18-11-6-9(16)8(15)5-10(11)17-13(18)14(2,3)4/h5-7H,1-4H3,(H,19,20). The third-order valence-corrected chi connectivity index (χ3v) is 3.15. The van der Waals surface area contributed by atoms with Gasteiger partial charge >= 0.3 is 5.97 Å². The topological polar surface area (TPSA) is 55.1 Å². The first-order valence-corrected chi connectivity index (χ1v) is 6.23. The van der Waals surface area contributed by atoms with Crippen LogP contribution in [0.5, 0.6) is 0 Å². The lowest BCUT2D eigenvalue weighted by Crippen LogP contribution is -2.24. The molecule has 1 atom stereocenters. The number of hydrogen-bond donors (Lipinski definition) is 1. The Morgan fingerprint density at radius 1 is 1.30 bits per heavy atom. The van der Waals surface area contributed by atoms with Crippen LogP contribution in [0.4, 0.5) is 8.78 Å². The monoisotopic (exact) mass is 282 g/mol. The minimum absolute atomic E-state index is 0.252. The van der Waals surface area contributed by atoms with Crippen molar-refractivity contribution in [3.8, 4) is 0 Å². The molecule has 4 nitrogen and oxygen atoms in total. The van der Waals surface area contributed by atoms with Crippen molar-refractivity contribution in [2.24, 2.45) is 0 Å². The fourth-order valence-corrected chi connectivity index (χ4v) is 2.12. The quantitative estimate of drug-likeness (QED) is 0.919. The second kappa shape index (κ2) is 4.54. The Labute approximate surface area is 115 Å². The first-order valence-electron chi connectivity index (χ1n) is 6.23. The molecule has 1 aromatic carbocycles. The van der Waals surface area contributed by atoms with Gasteiger partial charge in [0.1, 0.15) is 11.9 Å². The van der Waals surface area contributed by atoms with Crippen molar-refractivity contribution < 1.29 is 18.7 Å². The van der Waals surface area contributed by atoms with Crippen LogP contribution in [-0.2, 0) is 10.2 Å². The zero-order valence-electron chi connectivity index (χ0n) is 11.7. The van der Waals surface area contributed by atoms with Crippen molar-refractivity contribution in [2.75, 3.05) is 0 Å². The minimum Gasteiger partial charge on any atom is -0.480 e. The molecule has 108 valence electrons. The molecular formula is C14H16F2N2O2. The van der Waals surface area contributed by atoms with Gasteiger partial charge in [-0.15, -0.1) is 0 Å². The van der Waals surface area contributed by atoms with Gasteiger partial charge in [0.25, 0.3) is 0 Å². The normalized spacial score (nSPS) is 13.7. The maximum atomic E-state index is 13.4. The van der Waals surface area contributed by atoms with E-state index < -0.39 is 29.1 Å². The molecule has 0 bridgehead atoms. The average Bonchev–Trinajstić information content (AvgIpc) is 2.67. The number of aromatic nitrogens is 2. The van der Waals surface area contributed by atoms with Crippen molar-refractivity contribution >= 4 is 17.0 Å². The van der Waals surface area contributed by atoms with E-state index in [0.29, 0.717) is 5.82 Å². The van der Waals surface area contributed by atoms with E-state index in [4.69, 9.17) is 0 Å². The van der Waals surface area contributed by atoms with Crippen molar-refractivity contribution in [2.45, 2.75) is 39.2 Å². The largest absolute Gasteiger partial charge is 0.480 e. The summed E-state index contributed by atoms with van der Waals surface area (Å²) in [7, 11) is 0. The third-order valence-electron chi connectivity index (χ3n) is 3.15. The van der Waals surface area contributed by atoms with Crippen molar-refractivity contribution in [1.82, 2.24) is 9.55 Å². The number of nitrogens with zero attached hydrogens (tertiary/aromatic N) is 2. The van der Waals surface area contributed by atoms with Gasteiger partial charge in [-0.3, -0.25) is 0 Å². The van der Waals surface area contributed by atoms with E-state index in [2.05, 4.69) is 4.98 Å². The minimum atomic E-state index is -1.06. The molecule has 1 N–H and O–H groups in total. The van der Waals surface area contributed by atoms with Crippen LogP contribution in [-0.4, -0.2) is 20.6 Å². The number of benzene rings is 1. The summed E-state index contributed by atoms with van der Waals surface area (Å²) < 4.78 is 28.2. The van der Waals surface area contributed by atoms with Gasteiger partial charge in [-0.1, -0.05) is 20.8 Å². The summed E-state index contributed by atoms with van der Waals surface area (Å²) in [5.41, 5.74) is 0.0843. The van der Waals surface area contributed by atoms with Crippen LogP contribution in [0.3, 0.4) is 0 Å². The smallest absolute Gasteiger partial charge is 0.326 e. The molecule has 1 heterocycles. The molecule has 0 saturated carbocycles. The van der Waals surface area contributed by atoms with Gasteiger partial charge in [0.2, 0.25) is 0 Å². The number of fused-ring (bicyclic) bond motifs is 1. The first-order chi connectivity index (χ1) is 9.12. The van der Waals surface area contributed by atoms with Gasteiger partial charge in [-0.25, -0.2) is 18.6 Å². The zero-order chi connectivity index (χ0) is 15.2. The fourth-order valence-electron chi connectivity index (χ4n) is 2.12. The SMILES string of the molecule is CC(C(=O)O)n1c(C(C)(C)C)nc2cc(F)c(F)cc21. The number of imidazole rings is 1. The molecule has 0 saturated heterocycles. The predicted molar refractivity (Wildman–Crippen MR) is 70.7 cm³/mol. The summed E-state index contributed by atoms with van der Waals surface area (Å²) >= 11 is 0. The van der Waals surface area contributed by atoms with Gasteiger partial charge in [0.15, 0.2) is 11.6 Å². The Kier molecular flexibility index (Phi) is 3.28. The highest BCUT2D eigenvalue weighted by Gasteiger charge is 2.28. The maximum Gasteiger partial charge on any atom is 0.326 e. The molecule has 0 aliphatic rings. The lowest BCUT2D eigenvalue weighted by molar-refractivity contribution is -0.140. The Hall–Kier alpha value is -1.98. The molecule has 6 heteroatoms. The van der Waals surface area contributed by atoms with Crippen LogP contribution in [0.25, 0.3) is 11.0 Å². The molecule has 0 aliphatic heterocycles. The van der Waals surface area contributed by atoms with Crippen LogP contribution in [0.15, 0.2) is 12.1 Å². The highest BCUT2D eigenvalue weighted by atomic mass is 19.2. The van der Waals surface area contributed by atoms with E-state index in [9.17, 15) is 18.7 Å². The van der Waals surface area contributed by atoms with Gasteiger partial charge in [0.05, 0.1) is 11.0 Å². The maximum absolute atomic E-state index is 13.4. The number of carbonyl (C=O) groups is 1. The molecule has 1 aromatic heterocycles. The number of aliphatic carboxylic acids is 1. The number of rotatable bonds is 2. The van der Waals surface area contributed by atoms with E-state index >= 15 is 0 Å². The van der Waals surface area contributed by atoms with Crippen LogP contribution in [0, 0.1) is 11.6 Å². The van der Waals surface area contributed by atoms with E-state index in [1.165, 1.54) is 11.5 Å². The average molecular weight is 282 g/mol. The van der Waals surface area contributed by atoms with E-state index in [0.717, 1.165) is 12.1 Å². The summed E-state index contributed by atoms with van der Waals surface area (Å²) in [5.74, 6) is -2.59. The Morgan fingerprint density at radius 2 is 1.85 bits per heavy atom. The Balaban J connectivity index is 2.85. The molecule has 2 rings (SSSR count). The van der Waals surface area contributed by atoms with E-state index in [-0.39, 0.29) is 11.0 Å². The molecule has 20 heavy (non-hydrogen) atoms. The Morgan fingerprint density at radius 3 is 2.35 bits per heavy atom. The lowest BCUT2D eigenvalue weighted by Gasteiger charge is -2.22. The molecule has 0 radical (unpaired) electrons. The van der Waals surface area contributed by atoms with Gasteiger partial charge < -0.3 is 9.67 Å². The molecular weight excluding hydrogens is 266 g/mol. The van der Waals surface area contributed by atoms with Crippen molar-refractivity contribution in [1.29, 1.82) is 0 Å². The summed E-state index contributed by atoms with van der Waals surface area (Å²) in [6.07, 6.45) is 0. The lowest BCUT2D eigenvalue weighted by atomic mass is 9.95. The van der Waals surface area contributed by atoms with E-state index in [1.54, 1.807) is 0 Å². The first kappa shape index (κ1) is 14.4. The zero-order valence-corrected chi connectivity index (χ0v) is 11.7. The van der Waals surface area contributed by atoms with Crippen LogP contribution >= 0.6 is 0 Å². The molecule has 2 aromatic rings. The van der Waals surface area contributed by atoms with Gasteiger partial charge in [0, 0.05) is 17.5 Å². The number of halogens is 2. The molecule has 0 spiro atoms. The number of hydrogen-bond acceptors (Lipinski definition) is 2. The predicted octanol–water partition coefficient (Wildman–Crippen LogP) is 3.26. The molecule has 0 aliphatic carbocycles. The molecule has 1 unspecified atom stereocenters. The van der Waals surface area contributed by atoms with E-state index in [1.807, 2.05) is 20.8 Å². The summed E-state index contributed by atoms with van der Waals surface area (Å²) in [4.78, 5) is 15.5. The van der Waals surface area contributed by atoms with Crippen molar-refractivity contribution in [3.63, 3.8) is 0 Å².